The molecule has 122 valence electrons. The predicted molar refractivity (Wildman–Crippen MR) is 109 cm³/mol. The highest BCUT2D eigenvalue weighted by molar-refractivity contribution is 9.10. The van der Waals surface area contributed by atoms with Gasteiger partial charge in [-0.05, 0) is 47.5 Å². The summed E-state index contributed by atoms with van der Waals surface area (Å²) in [6.45, 7) is 1.59. The van der Waals surface area contributed by atoms with Gasteiger partial charge in [-0.2, -0.15) is 0 Å². The van der Waals surface area contributed by atoms with Crippen LogP contribution in [-0.2, 0) is 13.1 Å². The zero-order valence-corrected chi connectivity index (χ0v) is 16.3. The van der Waals surface area contributed by atoms with Crippen molar-refractivity contribution in [3.05, 3.63) is 92.9 Å². The zero-order chi connectivity index (χ0) is 16.8. The van der Waals surface area contributed by atoms with Crippen LogP contribution in [0.15, 0.2) is 81.7 Å². The zero-order valence-electron chi connectivity index (χ0n) is 13.1. The second kappa shape index (κ2) is 8.36. The second-order valence-corrected chi connectivity index (χ2v) is 7.34. The van der Waals surface area contributed by atoms with Crippen molar-refractivity contribution in [3.63, 3.8) is 0 Å². The minimum absolute atomic E-state index is 0.796. The summed E-state index contributed by atoms with van der Waals surface area (Å²) >= 11 is 6.93. The molecule has 0 heterocycles. The van der Waals surface area contributed by atoms with Gasteiger partial charge in [-0.15, -0.1) is 0 Å². The maximum Gasteiger partial charge on any atom is 0.0578 e. The average molecular weight is 446 g/mol. The lowest BCUT2D eigenvalue weighted by molar-refractivity contribution is 1.12. The molecule has 3 aromatic carbocycles. The normalized spacial score (nSPS) is 10.4. The number of hydrogen-bond donors (Lipinski definition) is 2. The van der Waals surface area contributed by atoms with Crippen molar-refractivity contribution in [2.75, 3.05) is 10.6 Å². The number of rotatable bonds is 6. The molecule has 2 nitrogen and oxygen atoms in total. The maximum absolute atomic E-state index is 3.51. The Labute approximate surface area is 159 Å². The molecule has 0 radical (unpaired) electrons. The summed E-state index contributed by atoms with van der Waals surface area (Å²) in [7, 11) is 0. The summed E-state index contributed by atoms with van der Waals surface area (Å²) in [5.74, 6) is 0. The van der Waals surface area contributed by atoms with E-state index in [2.05, 4.69) is 115 Å². The highest BCUT2D eigenvalue weighted by Gasteiger charge is 2.02. The minimum Gasteiger partial charge on any atom is -0.379 e. The Bertz CT molecular complexity index is 715. The van der Waals surface area contributed by atoms with E-state index in [0.717, 1.165) is 33.4 Å². The van der Waals surface area contributed by atoms with Gasteiger partial charge in [0.05, 0.1) is 11.4 Å². The molecule has 0 amide bonds. The molecule has 0 atom stereocenters. The molecule has 0 unspecified atom stereocenters. The molecule has 0 saturated heterocycles. The van der Waals surface area contributed by atoms with Gasteiger partial charge in [0.2, 0.25) is 0 Å². The van der Waals surface area contributed by atoms with Gasteiger partial charge in [0.1, 0.15) is 0 Å². The van der Waals surface area contributed by atoms with Crippen LogP contribution in [0.3, 0.4) is 0 Å². The quantitative estimate of drug-likeness (QED) is 0.456. The van der Waals surface area contributed by atoms with Crippen molar-refractivity contribution in [1.29, 1.82) is 0 Å². The topological polar surface area (TPSA) is 24.1 Å². The Morgan fingerprint density at radius 2 is 0.917 bits per heavy atom. The van der Waals surface area contributed by atoms with Gasteiger partial charge >= 0.3 is 0 Å². The van der Waals surface area contributed by atoms with E-state index < -0.39 is 0 Å². The fourth-order valence-corrected chi connectivity index (χ4v) is 2.92. The summed E-state index contributed by atoms with van der Waals surface area (Å²) in [6.07, 6.45) is 0. The van der Waals surface area contributed by atoms with Crippen LogP contribution in [0.1, 0.15) is 11.1 Å². The highest BCUT2D eigenvalue weighted by Crippen LogP contribution is 2.23. The Morgan fingerprint density at radius 1 is 0.542 bits per heavy atom. The molecular formula is C20H18Br2N2. The second-order valence-electron chi connectivity index (χ2n) is 5.51. The van der Waals surface area contributed by atoms with E-state index >= 15 is 0 Å². The van der Waals surface area contributed by atoms with Crippen LogP contribution in [0.25, 0.3) is 0 Å². The van der Waals surface area contributed by atoms with Crippen molar-refractivity contribution in [2.45, 2.75) is 13.1 Å². The minimum atomic E-state index is 0.796. The van der Waals surface area contributed by atoms with Crippen LogP contribution in [0.2, 0.25) is 0 Å². The lowest BCUT2D eigenvalue weighted by Gasteiger charge is -2.14. The molecule has 3 rings (SSSR count). The Kier molecular flexibility index (Phi) is 5.94. The first-order valence-electron chi connectivity index (χ1n) is 7.76. The average Bonchev–Trinajstić information content (AvgIpc) is 2.61. The summed E-state index contributed by atoms with van der Waals surface area (Å²) in [4.78, 5) is 0. The van der Waals surface area contributed by atoms with Crippen molar-refractivity contribution < 1.29 is 0 Å². The molecule has 0 aliphatic rings. The lowest BCUT2D eigenvalue weighted by Crippen LogP contribution is -2.05. The van der Waals surface area contributed by atoms with Gasteiger partial charge in [0.15, 0.2) is 0 Å². The number of hydrogen-bond acceptors (Lipinski definition) is 2. The predicted octanol–water partition coefficient (Wildman–Crippen LogP) is 6.44. The molecule has 0 bridgehead atoms. The number of benzene rings is 3. The van der Waals surface area contributed by atoms with Gasteiger partial charge < -0.3 is 10.6 Å². The van der Waals surface area contributed by atoms with E-state index in [0.29, 0.717) is 0 Å². The van der Waals surface area contributed by atoms with Gasteiger partial charge in [0.25, 0.3) is 0 Å². The van der Waals surface area contributed by atoms with Crippen molar-refractivity contribution in [1.82, 2.24) is 0 Å². The van der Waals surface area contributed by atoms with Crippen molar-refractivity contribution in [3.8, 4) is 0 Å². The van der Waals surface area contributed by atoms with Crippen molar-refractivity contribution in [2.24, 2.45) is 0 Å². The van der Waals surface area contributed by atoms with E-state index in [1.807, 2.05) is 0 Å². The molecule has 2 N–H and O–H groups in total. The fraction of sp³-hybridized carbons (Fsp3) is 0.100. The Morgan fingerprint density at radius 3 is 1.29 bits per heavy atom. The molecule has 0 fully saturated rings. The third-order valence-electron chi connectivity index (χ3n) is 3.72. The van der Waals surface area contributed by atoms with E-state index in [1.165, 1.54) is 11.1 Å². The molecule has 4 heteroatoms. The monoisotopic (exact) mass is 444 g/mol. The van der Waals surface area contributed by atoms with Gasteiger partial charge in [-0.1, -0.05) is 68.3 Å². The lowest BCUT2D eigenvalue weighted by atomic mass is 10.2. The maximum atomic E-state index is 3.51. The van der Waals surface area contributed by atoms with Crippen molar-refractivity contribution >= 4 is 43.2 Å². The number of anilines is 2. The van der Waals surface area contributed by atoms with Crippen LogP contribution >= 0.6 is 31.9 Å². The van der Waals surface area contributed by atoms with Crippen LogP contribution in [-0.4, -0.2) is 0 Å². The van der Waals surface area contributed by atoms with E-state index in [9.17, 15) is 0 Å². The molecule has 0 spiro atoms. The summed E-state index contributed by atoms with van der Waals surface area (Å²) < 4.78 is 2.20. The number of nitrogens with one attached hydrogen (secondary N) is 2. The van der Waals surface area contributed by atoms with E-state index in [-0.39, 0.29) is 0 Å². The molecule has 0 aromatic heterocycles. The third-order valence-corrected chi connectivity index (χ3v) is 4.78. The van der Waals surface area contributed by atoms with E-state index in [1.54, 1.807) is 0 Å². The highest BCUT2D eigenvalue weighted by atomic mass is 79.9. The number of para-hydroxylation sites is 2. The van der Waals surface area contributed by atoms with Crippen LogP contribution in [0, 0.1) is 0 Å². The smallest absolute Gasteiger partial charge is 0.0578 e. The molecule has 24 heavy (non-hydrogen) atoms. The molecule has 3 aromatic rings. The van der Waals surface area contributed by atoms with E-state index in [4.69, 9.17) is 0 Å². The van der Waals surface area contributed by atoms with Gasteiger partial charge in [-0.25, -0.2) is 0 Å². The first-order chi connectivity index (χ1) is 11.7. The molecule has 0 aliphatic carbocycles. The standard InChI is InChI=1S/C20H18Br2N2/c21-17-9-5-15(6-10-17)13-23-19-3-1-2-4-20(19)24-14-16-7-11-18(22)12-8-16/h1-12,23-24H,13-14H2. The largest absolute Gasteiger partial charge is 0.379 e. The number of halogens is 2. The molecule has 0 saturated carbocycles. The SMILES string of the molecule is Brc1ccc(CNc2ccccc2NCc2ccc(Br)cc2)cc1. The first kappa shape index (κ1) is 17.1. The summed E-state index contributed by atoms with van der Waals surface area (Å²) in [5.41, 5.74) is 4.72. The molecule has 0 aliphatic heterocycles. The van der Waals surface area contributed by atoms with Crippen LogP contribution < -0.4 is 10.6 Å². The summed E-state index contributed by atoms with van der Waals surface area (Å²) in [5, 5.41) is 7.02. The third kappa shape index (κ3) is 4.86. The van der Waals surface area contributed by atoms with Crippen LogP contribution in [0.4, 0.5) is 11.4 Å². The Hall–Kier alpha value is -1.78. The Balaban J connectivity index is 1.64. The first-order valence-corrected chi connectivity index (χ1v) is 9.35. The fourth-order valence-electron chi connectivity index (χ4n) is 2.39. The summed E-state index contributed by atoms with van der Waals surface area (Å²) in [6, 6.07) is 25.0. The van der Waals surface area contributed by atoms with Gasteiger partial charge in [-0.3, -0.25) is 0 Å². The molecular weight excluding hydrogens is 428 g/mol. The van der Waals surface area contributed by atoms with Crippen LogP contribution in [0.5, 0.6) is 0 Å². The van der Waals surface area contributed by atoms with Gasteiger partial charge in [0, 0.05) is 22.0 Å².